The summed E-state index contributed by atoms with van der Waals surface area (Å²) >= 11 is 0. The van der Waals surface area contributed by atoms with Crippen molar-refractivity contribution in [1.29, 1.82) is 0 Å². The molecule has 0 bridgehead atoms. The quantitative estimate of drug-likeness (QED) is 0.722. The zero-order valence-electron chi connectivity index (χ0n) is 11.7. The minimum atomic E-state index is -0.638. The summed E-state index contributed by atoms with van der Waals surface area (Å²) in [7, 11) is 0. The molecule has 0 aromatic rings. The summed E-state index contributed by atoms with van der Waals surface area (Å²) in [5.74, 6) is 0.786. The Balaban J connectivity index is 1.48. The number of rotatable bonds is 3. The lowest BCUT2D eigenvalue weighted by Gasteiger charge is -2.24. The first-order valence-corrected chi connectivity index (χ1v) is 7.92. The Kier molecular flexibility index (Phi) is 3.81. The predicted octanol–water partition coefficient (Wildman–Crippen LogP) is 1.33. The van der Waals surface area contributed by atoms with Gasteiger partial charge in [-0.2, -0.15) is 0 Å². The number of amides is 1. The zero-order chi connectivity index (χ0) is 13.3. The van der Waals surface area contributed by atoms with Crippen LogP contribution in [0.1, 0.15) is 57.8 Å². The van der Waals surface area contributed by atoms with Crippen LogP contribution in [-0.2, 0) is 4.79 Å². The van der Waals surface area contributed by atoms with Crippen molar-refractivity contribution < 1.29 is 9.90 Å². The molecule has 0 aromatic carbocycles. The molecule has 3 unspecified atom stereocenters. The highest BCUT2D eigenvalue weighted by Gasteiger charge is 2.39. The van der Waals surface area contributed by atoms with Crippen LogP contribution in [0.15, 0.2) is 0 Å². The van der Waals surface area contributed by atoms with E-state index < -0.39 is 5.60 Å². The van der Waals surface area contributed by atoms with Crippen LogP contribution >= 0.6 is 0 Å². The number of hydrogen-bond acceptors (Lipinski definition) is 3. The Morgan fingerprint density at radius 1 is 1.21 bits per heavy atom. The highest BCUT2D eigenvalue weighted by atomic mass is 16.3. The first-order chi connectivity index (χ1) is 9.16. The molecule has 4 nitrogen and oxygen atoms in total. The Hall–Kier alpha value is -0.610. The molecule has 3 fully saturated rings. The third kappa shape index (κ3) is 2.95. The fourth-order valence-electron chi connectivity index (χ4n) is 4.11. The van der Waals surface area contributed by atoms with Gasteiger partial charge in [0.05, 0.1) is 11.6 Å². The van der Waals surface area contributed by atoms with Gasteiger partial charge in [0.15, 0.2) is 0 Å². The molecule has 1 heterocycles. The van der Waals surface area contributed by atoms with E-state index in [-0.39, 0.29) is 11.9 Å². The van der Waals surface area contributed by atoms with Crippen molar-refractivity contribution in [3.8, 4) is 0 Å². The maximum Gasteiger partial charge on any atom is 0.237 e. The number of hydrogen-bond donors (Lipinski definition) is 3. The molecule has 3 N–H and O–H groups in total. The number of nitrogens with one attached hydrogen (secondary N) is 2. The number of carbonyl (C=O) groups excluding carboxylic acids is 1. The fraction of sp³-hybridized carbons (Fsp3) is 0.933. The van der Waals surface area contributed by atoms with Crippen molar-refractivity contribution in [3.63, 3.8) is 0 Å². The van der Waals surface area contributed by atoms with Crippen LogP contribution in [0.4, 0.5) is 0 Å². The number of fused-ring (bicyclic) bond motifs is 1. The molecule has 1 saturated heterocycles. The predicted molar refractivity (Wildman–Crippen MR) is 73.7 cm³/mol. The summed E-state index contributed by atoms with van der Waals surface area (Å²) in [6.07, 6.45) is 9.90. The molecule has 0 radical (unpaired) electrons. The Morgan fingerprint density at radius 2 is 1.95 bits per heavy atom. The van der Waals surface area contributed by atoms with Gasteiger partial charge in [0.25, 0.3) is 0 Å². The van der Waals surface area contributed by atoms with E-state index in [1.54, 1.807) is 0 Å². The molecule has 2 saturated carbocycles. The second-order valence-electron chi connectivity index (χ2n) is 6.76. The largest absolute Gasteiger partial charge is 0.388 e. The fourth-order valence-corrected chi connectivity index (χ4v) is 4.11. The lowest BCUT2D eigenvalue weighted by atomic mass is 9.85. The molecule has 3 aliphatic rings. The van der Waals surface area contributed by atoms with E-state index in [2.05, 4.69) is 10.6 Å². The van der Waals surface area contributed by atoms with Gasteiger partial charge in [0.2, 0.25) is 5.91 Å². The molecule has 2 aliphatic carbocycles. The molecule has 1 aliphatic heterocycles. The van der Waals surface area contributed by atoms with Gasteiger partial charge in [0.1, 0.15) is 0 Å². The van der Waals surface area contributed by atoms with E-state index in [0.29, 0.717) is 18.5 Å². The molecular weight excluding hydrogens is 240 g/mol. The van der Waals surface area contributed by atoms with E-state index in [1.165, 1.54) is 25.7 Å². The third-order valence-electron chi connectivity index (χ3n) is 5.31. The van der Waals surface area contributed by atoms with Gasteiger partial charge >= 0.3 is 0 Å². The van der Waals surface area contributed by atoms with Crippen molar-refractivity contribution in [2.24, 2.45) is 5.92 Å². The summed E-state index contributed by atoms with van der Waals surface area (Å²) in [4.78, 5) is 12.2. The van der Waals surface area contributed by atoms with Gasteiger partial charge in [-0.15, -0.1) is 0 Å². The molecule has 0 aromatic heterocycles. The SMILES string of the molecule is O=C(NCC1(O)CCCC1)C1CC2CCCCC2N1. The normalized spacial score (nSPS) is 37.0. The Morgan fingerprint density at radius 3 is 2.68 bits per heavy atom. The van der Waals surface area contributed by atoms with Crippen molar-refractivity contribution in [2.75, 3.05) is 6.54 Å². The smallest absolute Gasteiger partial charge is 0.237 e. The average Bonchev–Trinajstić information content (AvgIpc) is 3.02. The third-order valence-corrected chi connectivity index (χ3v) is 5.31. The molecule has 3 rings (SSSR count). The van der Waals surface area contributed by atoms with E-state index in [4.69, 9.17) is 0 Å². The van der Waals surface area contributed by atoms with Gasteiger partial charge < -0.3 is 15.7 Å². The van der Waals surface area contributed by atoms with Gasteiger partial charge in [-0.25, -0.2) is 0 Å². The lowest BCUT2D eigenvalue weighted by molar-refractivity contribution is -0.124. The summed E-state index contributed by atoms with van der Waals surface area (Å²) in [6, 6.07) is 0.525. The maximum atomic E-state index is 12.2. The van der Waals surface area contributed by atoms with Gasteiger partial charge in [-0.05, 0) is 38.0 Å². The van der Waals surface area contributed by atoms with Crippen LogP contribution in [0.3, 0.4) is 0 Å². The molecular formula is C15H26N2O2. The standard InChI is InChI=1S/C15H26N2O2/c18-14(16-10-15(19)7-3-4-8-15)13-9-11-5-1-2-6-12(11)17-13/h11-13,17,19H,1-10H2,(H,16,18). The monoisotopic (exact) mass is 266 g/mol. The van der Waals surface area contributed by atoms with Crippen molar-refractivity contribution in [2.45, 2.75) is 75.5 Å². The molecule has 1 amide bonds. The number of aliphatic hydroxyl groups is 1. The van der Waals surface area contributed by atoms with E-state index in [9.17, 15) is 9.90 Å². The van der Waals surface area contributed by atoms with E-state index in [1.807, 2.05) is 0 Å². The second kappa shape index (κ2) is 5.41. The van der Waals surface area contributed by atoms with Crippen LogP contribution in [0.25, 0.3) is 0 Å². The average molecular weight is 266 g/mol. The van der Waals surface area contributed by atoms with Crippen LogP contribution in [0, 0.1) is 5.92 Å². The van der Waals surface area contributed by atoms with Crippen molar-refractivity contribution in [1.82, 2.24) is 10.6 Å². The molecule has 4 heteroatoms. The molecule has 0 spiro atoms. The number of carbonyl (C=O) groups is 1. The van der Waals surface area contributed by atoms with Crippen LogP contribution in [-0.4, -0.2) is 35.2 Å². The Bertz CT molecular complexity index is 325. The van der Waals surface area contributed by atoms with E-state index in [0.717, 1.165) is 32.1 Å². The summed E-state index contributed by atoms with van der Waals surface area (Å²) in [5.41, 5.74) is -0.638. The highest BCUT2D eigenvalue weighted by Crippen LogP contribution is 2.33. The highest BCUT2D eigenvalue weighted by molar-refractivity contribution is 5.82. The van der Waals surface area contributed by atoms with E-state index >= 15 is 0 Å². The van der Waals surface area contributed by atoms with Crippen LogP contribution in [0.5, 0.6) is 0 Å². The summed E-state index contributed by atoms with van der Waals surface area (Å²) < 4.78 is 0. The lowest BCUT2D eigenvalue weighted by Crippen LogP contribution is -2.48. The summed E-state index contributed by atoms with van der Waals surface area (Å²) in [6.45, 7) is 0.430. The summed E-state index contributed by atoms with van der Waals surface area (Å²) in [5, 5.41) is 16.7. The molecule has 19 heavy (non-hydrogen) atoms. The van der Waals surface area contributed by atoms with Crippen molar-refractivity contribution >= 4 is 5.91 Å². The van der Waals surface area contributed by atoms with Crippen LogP contribution < -0.4 is 10.6 Å². The minimum absolute atomic E-state index is 0.0295. The first kappa shape index (κ1) is 13.4. The zero-order valence-corrected chi connectivity index (χ0v) is 11.7. The molecule has 108 valence electrons. The first-order valence-electron chi connectivity index (χ1n) is 7.92. The maximum absolute atomic E-state index is 12.2. The topological polar surface area (TPSA) is 61.4 Å². The van der Waals surface area contributed by atoms with Crippen molar-refractivity contribution in [3.05, 3.63) is 0 Å². The van der Waals surface area contributed by atoms with Gasteiger partial charge in [-0.1, -0.05) is 25.7 Å². The van der Waals surface area contributed by atoms with Crippen LogP contribution in [0.2, 0.25) is 0 Å². The van der Waals surface area contributed by atoms with Gasteiger partial charge in [0, 0.05) is 12.6 Å². The minimum Gasteiger partial charge on any atom is -0.388 e. The Labute approximate surface area is 115 Å². The molecule has 3 atom stereocenters. The van der Waals surface area contributed by atoms with Gasteiger partial charge in [-0.3, -0.25) is 4.79 Å². The second-order valence-corrected chi connectivity index (χ2v) is 6.76.